The number of fused-ring (bicyclic) bond motifs is 2. The Hall–Kier alpha value is -0.710. The van der Waals surface area contributed by atoms with Crippen LogP contribution in [0.25, 0.3) is 0 Å². The topological polar surface area (TPSA) is 57.6 Å². The molecule has 1 N–H and O–H groups in total. The number of carboxylic acids is 1. The number of nitrogens with zero attached hydrogens (tertiary/aromatic N) is 1. The Morgan fingerprint density at radius 3 is 2.44 bits per heavy atom. The summed E-state index contributed by atoms with van der Waals surface area (Å²) >= 11 is 4.15. The van der Waals surface area contributed by atoms with E-state index in [2.05, 4.69) is 12.6 Å². The zero-order valence-electron chi connectivity index (χ0n) is 10.8. The third-order valence-corrected chi connectivity index (χ3v) is 5.08. The molecule has 18 heavy (non-hydrogen) atoms. The van der Waals surface area contributed by atoms with E-state index in [4.69, 9.17) is 5.11 Å². The van der Waals surface area contributed by atoms with E-state index in [1.165, 1.54) is 0 Å². The predicted molar refractivity (Wildman–Crippen MR) is 71.7 cm³/mol. The van der Waals surface area contributed by atoms with Crippen LogP contribution in [0.3, 0.4) is 0 Å². The van der Waals surface area contributed by atoms with Crippen molar-refractivity contribution in [2.45, 2.75) is 44.6 Å². The van der Waals surface area contributed by atoms with Crippen molar-refractivity contribution in [3.05, 3.63) is 0 Å². The molecule has 0 heterocycles. The first-order chi connectivity index (χ1) is 8.48. The van der Waals surface area contributed by atoms with Gasteiger partial charge in [0.2, 0.25) is 5.91 Å². The van der Waals surface area contributed by atoms with Crippen LogP contribution < -0.4 is 0 Å². The van der Waals surface area contributed by atoms with E-state index >= 15 is 0 Å². The highest BCUT2D eigenvalue weighted by Crippen LogP contribution is 2.51. The molecule has 0 aliphatic heterocycles. The van der Waals surface area contributed by atoms with Gasteiger partial charge in [-0.1, -0.05) is 6.92 Å². The first-order valence-electron chi connectivity index (χ1n) is 6.62. The van der Waals surface area contributed by atoms with Gasteiger partial charge in [-0.2, -0.15) is 12.6 Å². The smallest absolute Gasteiger partial charge is 0.323 e. The van der Waals surface area contributed by atoms with Crippen LogP contribution in [-0.4, -0.2) is 39.7 Å². The Morgan fingerprint density at radius 1 is 1.44 bits per heavy atom. The van der Waals surface area contributed by atoms with Crippen LogP contribution >= 0.6 is 12.6 Å². The molecule has 2 aliphatic rings. The van der Waals surface area contributed by atoms with Crippen molar-refractivity contribution in [1.82, 2.24) is 4.90 Å². The van der Waals surface area contributed by atoms with E-state index in [9.17, 15) is 9.59 Å². The minimum Gasteiger partial charge on any atom is -0.480 e. The molecule has 0 radical (unpaired) electrons. The normalized spacial score (nSPS) is 31.3. The molecule has 0 spiro atoms. The predicted octanol–water partition coefficient (Wildman–Crippen LogP) is 1.80. The molecule has 2 bridgehead atoms. The summed E-state index contributed by atoms with van der Waals surface area (Å²) in [5, 5.41) is 9.06. The Labute approximate surface area is 113 Å². The number of rotatable bonds is 5. The molecule has 5 heteroatoms. The lowest BCUT2D eigenvalue weighted by molar-refractivity contribution is -0.151. The minimum atomic E-state index is -0.917. The molecule has 0 saturated heterocycles. The number of thiol groups is 1. The fourth-order valence-electron chi connectivity index (χ4n) is 3.50. The molecule has 102 valence electrons. The fourth-order valence-corrected chi connectivity index (χ4v) is 3.66. The minimum absolute atomic E-state index is 0.0463. The van der Waals surface area contributed by atoms with Crippen LogP contribution in [0.4, 0.5) is 0 Å². The molecule has 0 aromatic rings. The van der Waals surface area contributed by atoms with Gasteiger partial charge in [-0.05, 0) is 38.0 Å². The highest BCUT2D eigenvalue weighted by molar-refractivity contribution is 7.80. The van der Waals surface area contributed by atoms with Crippen molar-refractivity contribution >= 4 is 24.5 Å². The zero-order chi connectivity index (χ0) is 13.3. The molecule has 0 aromatic carbocycles. The van der Waals surface area contributed by atoms with E-state index in [0.717, 1.165) is 32.1 Å². The molecule has 2 fully saturated rings. The first-order valence-corrected chi connectivity index (χ1v) is 7.26. The average Bonchev–Trinajstić information content (AvgIpc) is 2.95. The molecule has 2 aliphatic carbocycles. The Morgan fingerprint density at radius 2 is 2.06 bits per heavy atom. The maximum Gasteiger partial charge on any atom is 0.323 e. The summed E-state index contributed by atoms with van der Waals surface area (Å²) in [6.07, 6.45) is 5.20. The summed E-state index contributed by atoms with van der Waals surface area (Å²) in [4.78, 5) is 25.1. The van der Waals surface area contributed by atoms with Gasteiger partial charge in [0, 0.05) is 17.2 Å². The van der Waals surface area contributed by atoms with Gasteiger partial charge in [-0.15, -0.1) is 0 Å². The van der Waals surface area contributed by atoms with Crippen LogP contribution in [0, 0.1) is 11.8 Å². The number of carbonyl (C=O) groups is 2. The molecule has 4 nitrogen and oxygen atoms in total. The van der Waals surface area contributed by atoms with Crippen LogP contribution in [0.2, 0.25) is 0 Å². The summed E-state index contributed by atoms with van der Waals surface area (Å²) in [5.74, 6) is -0.00874. The second-order valence-electron chi connectivity index (χ2n) is 5.77. The molecule has 2 saturated carbocycles. The highest BCUT2D eigenvalue weighted by Gasteiger charge is 2.51. The van der Waals surface area contributed by atoms with Crippen LogP contribution in [0.1, 0.15) is 39.0 Å². The van der Waals surface area contributed by atoms with E-state index in [1.807, 2.05) is 6.92 Å². The Balaban J connectivity index is 2.19. The maximum absolute atomic E-state index is 12.4. The van der Waals surface area contributed by atoms with Crippen LogP contribution in [0.5, 0.6) is 0 Å². The SMILES string of the molecule is CC(CS)C(=O)N(CC(=O)O)C12CCC(CC1)C2. The molecular weight excluding hydrogens is 250 g/mol. The number of carboxylic acid groups (broad SMARTS) is 1. The van der Waals surface area contributed by atoms with E-state index < -0.39 is 5.97 Å². The number of hydrogen-bond donors (Lipinski definition) is 2. The quantitative estimate of drug-likeness (QED) is 0.750. The van der Waals surface area contributed by atoms with E-state index in [-0.39, 0.29) is 23.9 Å². The van der Waals surface area contributed by atoms with Gasteiger partial charge in [0.1, 0.15) is 6.54 Å². The van der Waals surface area contributed by atoms with Gasteiger partial charge in [0.15, 0.2) is 0 Å². The maximum atomic E-state index is 12.4. The van der Waals surface area contributed by atoms with Gasteiger partial charge < -0.3 is 10.0 Å². The van der Waals surface area contributed by atoms with Crippen molar-refractivity contribution in [2.24, 2.45) is 11.8 Å². The lowest BCUT2D eigenvalue weighted by atomic mass is 9.90. The molecule has 1 amide bonds. The van der Waals surface area contributed by atoms with Gasteiger partial charge in [0.25, 0.3) is 0 Å². The molecule has 2 rings (SSSR count). The van der Waals surface area contributed by atoms with Gasteiger partial charge in [-0.25, -0.2) is 0 Å². The summed E-state index contributed by atoms with van der Waals surface area (Å²) in [6.45, 7) is 1.66. The number of hydrogen-bond acceptors (Lipinski definition) is 3. The highest BCUT2D eigenvalue weighted by atomic mass is 32.1. The Bertz CT molecular complexity index is 350. The lowest BCUT2D eigenvalue weighted by Gasteiger charge is -2.40. The van der Waals surface area contributed by atoms with Gasteiger partial charge in [-0.3, -0.25) is 9.59 Å². The van der Waals surface area contributed by atoms with Crippen LogP contribution in [-0.2, 0) is 9.59 Å². The monoisotopic (exact) mass is 271 g/mol. The summed E-state index contributed by atoms with van der Waals surface area (Å²) < 4.78 is 0. The zero-order valence-corrected chi connectivity index (χ0v) is 11.7. The number of carbonyl (C=O) groups excluding carboxylic acids is 1. The van der Waals surface area contributed by atoms with Gasteiger partial charge in [0.05, 0.1) is 0 Å². The number of aliphatic carboxylic acids is 1. The van der Waals surface area contributed by atoms with Crippen molar-refractivity contribution < 1.29 is 14.7 Å². The summed E-state index contributed by atoms with van der Waals surface area (Å²) in [5.41, 5.74) is -0.169. The molecule has 1 unspecified atom stereocenters. The molecular formula is C13H21NO3S. The average molecular weight is 271 g/mol. The Kier molecular flexibility index (Phi) is 3.90. The standard InChI is InChI=1S/C13H21NO3S/c1-9(8-18)12(17)14(7-11(15)16)13-4-2-10(6-13)3-5-13/h9-10,18H,2-8H2,1H3,(H,15,16). The third kappa shape index (κ3) is 2.37. The summed E-state index contributed by atoms with van der Waals surface area (Å²) in [7, 11) is 0. The van der Waals surface area contributed by atoms with Gasteiger partial charge >= 0.3 is 5.97 Å². The lowest BCUT2D eigenvalue weighted by Crippen LogP contribution is -2.53. The van der Waals surface area contributed by atoms with Crippen molar-refractivity contribution in [3.8, 4) is 0 Å². The second-order valence-corrected chi connectivity index (χ2v) is 6.14. The van der Waals surface area contributed by atoms with Crippen molar-refractivity contribution in [1.29, 1.82) is 0 Å². The molecule has 0 aromatic heterocycles. The fraction of sp³-hybridized carbons (Fsp3) is 0.846. The summed E-state index contributed by atoms with van der Waals surface area (Å²) in [6, 6.07) is 0. The third-order valence-electron chi connectivity index (χ3n) is 4.53. The molecule has 1 atom stereocenters. The van der Waals surface area contributed by atoms with E-state index in [1.54, 1.807) is 4.90 Å². The van der Waals surface area contributed by atoms with Crippen LogP contribution in [0.15, 0.2) is 0 Å². The largest absolute Gasteiger partial charge is 0.480 e. The number of amides is 1. The van der Waals surface area contributed by atoms with Crippen molar-refractivity contribution in [2.75, 3.05) is 12.3 Å². The second kappa shape index (κ2) is 5.11. The van der Waals surface area contributed by atoms with E-state index in [0.29, 0.717) is 11.7 Å². The first kappa shape index (κ1) is 13.7. The van der Waals surface area contributed by atoms with Crippen molar-refractivity contribution in [3.63, 3.8) is 0 Å².